The van der Waals surface area contributed by atoms with Gasteiger partial charge in [-0.25, -0.2) is 0 Å². The van der Waals surface area contributed by atoms with Gasteiger partial charge >= 0.3 is 0 Å². The molecule has 0 aliphatic heterocycles. The van der Waals surface area contributed by atoms with Crippen molar-refractivity contribution < 1.29 is 0 Å². The van der Waals surface area contributed by atoms with Crippen LogP contribution in [-0.2, 0) is 7.05 Å². The monoisotopic (exact) mass is 198 g/mol. The van der Waals surface area contributed by atoms with E-state index in [4.69, 9.17) is 0 Å². The molecule has 0 unspecified atom stereocenters. The Hall–Kier alpha value is -1.83. The van der Waals surface area contributed by atoms with E-state index in [0.29, 0.717) is 0 Å². The molecule has 3 rings (SSSR count). The molecule has 0 saturated carbocycles. The van der Waals surface area contributed by atoms with E-state index >= 15 is 0 Å². The third kappa shape index (κ3) is 2.34. The summed E-state index contributed by atoms with van der Waals surface area (Å²) in [5.74, 6) is 0. The molecule has 15 heavy (non-hydrogen) atoms. The van der Waals surface area contributed by atoms with Crippen LogP contribution in [-0.4, -0.2) is 9.78 Å². The van der Waals surface area contributed by atoms with Crippen molar-refractivity contribution in [3.63, 3.8) is 0 Å². The highest BCUT2D eigenvalue weighted by Gasteiger charge is 1.99. The second-order valence-corrected chi connectivity index (χ2v) is 3.59. The Morgan fingerprint density at radius 1 is 1.00 bits per heavy atom. The zero-order valence-electron chi connectivity index (χ0n) is 9.01. The van der Waals surface area contributed by atoms with Crippen LogP contribution in [0, 0.1) is 6.92 Å². The average Bonchev–Trinajstić information content (AvgIpc) is 2.54. The van der Waals surface area contributed by atoms with Gasteiger partial charge < -0.3 is 0 Å². The van der Waals surface area contributed by atoms with Gasteiger partial charge in [-0.15, -0.1) is 0 Å². The summed E-state index contributed by atoms with van der Waals surface area (Å²) < 4.78 is 1.79. The van der Waals surface area contributed by atoms with Crippen LogP contribution in [0.1, 0.15) is 16.8 Å². The summed E-state index contributed by atoms with van der Waals surface area (Å²) >= 11 is 0. The van der Waals surface area contributed by atoms with E-state index in [1.54, 1.807) is 4.68 Å². The lowest BCUT2D eigenvalue weighted by atomic mass is 9.99. The molecule has 2 aromatic rings. The van der Waals surface area contributed by atoms with Crippen molar-refractivity contribution in [1.82, 2.24) is 9.78 Å². The third-order valence-corrected chi connectivity index (χ3v) is 2.29. The van der Waals surface area contributed by atoms with Crippen LogP contribution < -0.4 is 0 Å². The van der Waals surface area contributed by atoms with Crippen LogP contribution in [0.5, 0.6) is 0 Å². The van der Waals surface area contributed by atoms with Crippen LogP contribution >= 0.6 is 0 Å². The third-order valence-electron chi connectivity index (χ3n) is 2.29. The molecule has 0 N–H and O–H groups in total. The van der Waals surface area contributed by atoms with Crippen molar-refractivity contribution in [2.24, 2.45) is 7.05 Å². The molecule has 0 amide bonds. The van der Waals surface area contributed by atoms with E-state index in [2.05, 4.69) is 41.5 Å². The zero-order chi connectivity index (χ0) is 10.7. The molecule has 1 heterocycles. The predicted molar refractivity (Wildman–Crippen MR) is 63.3 cm³/mol. The molecule has 2 nitrogen and oxygen atoms in total. The van der Waals surface area contributed by atoms with E-state index < -0.39 is 0 Å². The van der Waals surface area contributed by atoms with Crippen LogP contribution in [0.25, 0.3) is 12.2 Å². The lowest BCUT2D eigenvalue weighted by molar-refractivity contribution is 0.756. The molecular weight excluding hydrogens is 184 g/mol. The smallest absolute Gasteiger partial charge is 0.0593 e. The summed E-state index contributed by atoms with van der Waals surface area (Å²) in [4.78, 5) is 0. The fourth-order valence-corrected chi connectivity index (χ4v) is 1.43. The first-order valence-electron chi connectivity index (χ1n) is 4.99. The minimum atomic E-state index is 1.07. The van der Waals surface area contributed by atoms with E-state index in [-0.39, 0.29) is 0 Å². The number of aromatic nitrogens is 2. The van der Waals surface area contributed by atoms with Crippen molar-refractivity contribution in [2.45, 2.75) is 6.92 Å². The Balaban J connectivity index is 0.000000115. The minimum absolute atomic E-state index is 1.07. The molecule has 2 heteroatoms. The highest BCUT2D eigenvalue weighted by Crippen LogP contribution is 2.21. The molecule has 0 bridgehead atoms. The second-order valence-electron chi connectivity index (χ2n) is 3.59. The molecular formula is C13H14N2. The topological polar surface area (TPSA) is 17.8 Å². The number of hydrogen-bond acceptors (Lipinski definition) is 1. The van der Waals surface area contributed by atoms with Gasteiger partial charge in [-0.3, -0.25) is 4.68 Å². The molecule has 76 valence electrons. The van der Waals surface area contributed by atoms with Crippen molar-refractivity contribution in [3.8, 4) is 0 Å². The summed E-state index contributed by atoms with van der Waals surface area (Å²) in [5.41, 5.74) is 3.81. The van der Waals surface area contributed by atoms with Gasteiger partial charge in [0.1, 0.15) is 0 Å². The van der Waals surface area contributed by atoms with Gasteiger partial charge in [0, 0.05) is 13.2 Å². The summed E-state index contributed by atoms with van der Waals surface area (Å²) in [5, 5.41) is 4.03. The Morgan fingerprint density at radius 3 is 1.80 bits per heavy atom. The predicted octanol–water partition coefficient (Wildman–Crippen LogP) is 2.90. The molecule has 1 aromatic heterocycles. The van der Waals surface area contributed by atoms with E-state index in [9.17, 15) is 0 Å². The minimum Gasteiger partial charge on any atom is -0.276 e. The molecule has 1 aromatic carbocycles. The molecule has 0 fully saturated rings. The molecule has 0 radical (unpaired) electrons. The van der Waals surface area contributed by atoms with Gasteiger partial charge in [0.15, 0.2) is 0 Å². The summed E-state index contributed by atoms with van der Waals surface area (Å²) in [6, 6.07) is 10.3. The first-order chi connectivity index (χ1) is 7.25. The number of hydrogen-bond donors (Lipinski definition) is 0. The Bertz CT molecular complexity index is 439. The fraction of sp³-hybridized carbons (Fsp3) is 0.154. The molecule has 1 aliphatic carbocycles. The largest absolute Gasteiger partial charge is 0.276 e. The van der Waals surface area contributed by atoms with Crippen molar-refractivity contribution in [3.05, 3.63) is 53.3 Å². The van der Waals surface area contributed by atoms with Crippen LogP contribution in [0.3, 0.4) is 0 Å². The van der Waals surface area contributed by atoms with Gasteiger partial charge in [-0.05, 0) is 24.1 Å². The van der Waals surface area contributed by atoms with Crippen LogP contribution in [0.2, 0.25) is 0 Å². The van der Waals surface area contributed by atoms with E-state index in [1.165, 1.54) is 11.1 Å². The van der Waals surface area contributed by atoms with Crippen molar-refractivity contribution >= 4 is 12.2 Å². The van der Waals surface area contributed by atoms with Gasteiger partial charge in [0.05, 0.1) is 5.69 Å². The molecule has 0 saturated heterocycles. The molecule has 1 aliphatic rings. The van der Waals surface area contributed by atoms with Crippen molar-refractivity contribution in [2.75, 3.05) is 0 Å². The first-order valence-corrected chi connectivity index (χ1v) is 4.99. The molecule has 0 spiro atoms. The van der Waals surface area contributed by atoms with Gasteiger partial charge in [0.2, 0.25) is 0 Å². The molecule has 0 atom stereocenters. The summed E-state index contributed by atoms with van der Waals surface area (Å²) in [6.07, 6.45) is 6.17. The maximum atomic E-state index is 4.03. The van der Waals surface area contributed by atoms with Gasteiger partial charge in [-0.1, -0.05) is 36.4 Å². The maximum Gasteiger partial charge on any atom is 0.0593 e. The zero-order valence-corrected chi connectivity index (χ0v) is 9.01. The highest BCUT2D eigenvalue weighted by molar-refractivity contribution is 5.85. The maximum absolute atomic E-state index is 4.03. The highest BCUT2D eigenvalue weighted by atomic mass is 15.2. The SMILES string of the molecule is C1=Cc2ccccc21.Cc1ccn(C)n1. The Labute approximate surface area is 89.9 Å². The number of nitrogens with zero attached hydrogens (tertiary/aromatic N) is 2. The fourth-order valence-electron chi connectivity index (χ4n) is 1.43. The number of benzene rings is 1. The lowest BCUT2D eigenvalue weighted by Gasteiger charge is -2.06. The quantitative estimate of drug-likeness (QED) is 0.543. The number of fused-ring (bicyclic) bond motifs is 1. The van der Waals surface area contributed by atoms with E-state index in [1.807, 2.05) is 26.2 Å². The van der Waals surface area contributed by atoms with Gasteiger partial charge in [0.25, 0.3) is 0 Å². The number of aryl methyl sites for hydroxylation is 2. The standard InChI is InChI=1S/C8H6.C5H8N2/c1-2-4-8-6-5-7(8)3-1;1-5-3-4-7(2)6-5/h1-6H;3-4H,1-2H3. The van der Waals surface area contributed by atoms with Crippen LogP contribution in [0.4, 0.5) is 0 Å². The average molecular weight is 198 g/mol. The lowest BCUT2D eigenvalue weighted by Crippen LogP contribution is -1.86. The van der Waals surface area contributed by atoms with Crippen molar-refractivity contribution in [1.29, 1.82) is 0 Å². The number of rotatable bonds is 0. The van der Waals surface area contributed by atoms with E-state index in [0.717, 1.165) is 5.69 Å². The first kappa shape index (κ1) is 9.71. The Morgan fingerprint density at radius 2 is 1.60 bits per heavy atom. The Kier molecular flexibility index (Phi) is 2.68. The summed E-state index contributed by atoms with van der Waals surface area (Å²) in [7, 11) is 1.91. The summed E-state index contributed by atoms with van der Waals surface area (Å²) in [6.45, 7) is 1.97. The second kappa shape index (κ2) is 4.13. The van der Waals surface area contributed by atoms with Crippen LogP contribution in [0.15, 0.2) is 36.5 Å². The normalized spacial score (nSPS) is 11.1. The van der Waals surface area contributed by atoms with Gasteiger partial charge in [-0.2, -0.15) is 5.10 Å².